The molecular weight excluding hydrogens is 324 g/mol. The van der Waals surface area contributed by atoms with Crippen LogP contribution in [0.2, 0.25) is 0 Å². The molecule has 0 bridgehead atoms. The number of nitrogens with zero attached hydrogens (tertiary/aromatic N) is 1. The molecule has 1 heterocycles. The van der Waals surface area contributed by atoms with Crippen molar-refractivity contribution >= 4 is 11.0 Å². The fourth-order valence-corrected chi connectivity index (χ4v) is 3.07. The summed E-state index contributed by atoms with van der Waals surface area (Å²) in [6.07, 6.45) is 0. The van der Waals surface area contributed by atoms with Crippen LogP contribution in [0.4, 0.5) is 0 Å². The van der Waals surface area contributed by atoms with E-state index in [4.69, 9.17) is 9.47 Å². The maximum Gasteiger partial charge on any atom is 0.294 e. The van der Waals surface area contributed by atoms with Crippen LogP contribution in [0.25, 0.3) is 11.0 Å². The molecule has 0 unspecified atom stereocenters. The van der Waals surface area contributed by atoms with Gasteiger partial charge in [-0.05, 0) is 42.0 Å². The lowest BCUT2D eigenvalue weighted by Gasteiger charge is -2.06. The molecule has 0 radical (unpaired) electrons. The summed E-state index contributed by atoms with van der Waals surface area (Å²) >= 11 is 0. The largest absolute Gasteiger partial charge is 0.497 e. The third-order valence-corrected chi connectivity index (χ3v) is 4.42. The van der Waals surface area contributed by atoms with Crippen molar-refractivity contribution in [3.63, 3.8) is 0 Å². The van der Waals surface area contributed by atoms with Crippen LogP contribution >= 0.6 is 0 Å². The van der Waals surface area contributed by atoms with Crippen molar-refractivity contribution in [1.29, 1.82) is 0 Å². The van der Waals surface area contributed by atoms with Crippen LogP contribution in [0, 0.1) is 0 Å². The number of methoxy groups -OCH3 is 1. The summed E-state index contributed by atoms with van der Waals surface area (Å²) in [6, 6.07) is 26.4. The molecule has 3 aromatic carbocycles. The Morgan fingerprint density at radius 2 is 1.50 bits per heavy atom. The van der Waals surface area contributed by atoms with Gasteiger partial charge in [0, 0.05) is 0 Å². The van der Waals surface area contributed by atoms with Crippen LogP contribution in [0.1, 0.15) is 11.4 Å². The molecule has 4 aromatic rings. The second kappa shape index (κ2) is 7.31. The summed E-state index contributed by atoms with van der Waals surface area (Å²) in [5.41, 5.74) is 3.54. The van der Waals surface area contributed by atoms with Gasteiger partial charge in [0.25, 0.3) is 5.82 Å². The molecular formula is C22H21N2O2+. The minimum Gasteiger partial charge on any atom is -0.497 e. The Bertz CT molecular complexity index is 992. The van der Waals surface area contributed by atoms with Gasteiger partial charge in [0.2, 0.25) is 0 Å². The van der Waals surface area contributed by atoms with Gasteiger partial charge in [-0.25, -0.2) is 9.55 Å². The molecule has 4 heteroatoms. The first kappa shape index (κ1) is 16.2. The van der Waals surface area contributed by atoms with E-state index in [1.807, 2.05) is 36.4 Å². The van der Waals surface area contributed by atoms with Crippen LogP contribution in [0.15, 0.2) is 78.9 Å². The fourth-order valence-electron chi connectivity index (χ4n) is 3.07. The number of aromatic nitrogens is 2. The Morgan fingerprint density at radius 3 is 2.27 bits per heavy atom. The van der Waals surface area contributed by atoms with Crippen molar-refractivity contribution in [2.45, 2.75) is 13.2 Å². The third-order valence-electron chi connectivity index (χ3n) is 4.42. The third kappa shape index (κ3) is 3.40. The Labute approximate surface area is 152 Å². The highest BCUT2D eigenvalue weighted by atomic mass is 16.5. The number of para-hydroxylation sites is 2. The second-order valence-corrected chi connectivity index (χ2v) is 6.12. The number of H-pyrrole nitrogens is 1. The predicted molar refractivity (Wildman–Crippen MR) is 101 cm³/mol. The van der Waals surface area contributed by atoms with Crippen LogP contribution in [0.5, 0.6) is 11.5 Å². The van der Waals surface area contributed by atoms with Crippen molar-refractivity contribution in [2.75, 3.05) is 7.11 Å². The van der Waals surface area contributed by atoms with Gasteiger partial charge in [0.15, 0.2) is 17.6 Å². The Hall–Kier alpha value is -3.27. The number of rotatable bonds is 6. The topological polar surface area (TPSA) is 38.1 Å². The smallest absolute Gasteiger partial charge is 0.294 e. The van der Waals surface area contributed by atoms with Gasteiger partial charge >= 0.3 is 0 Å². The van der Waals surface area contributed by atoms with Crippen LogP contribution < -0.4 is 14.0 Å². The van der Waals surface area contributed by atoms with Crippen LogP contribution in [-0.2, 0) is 13.2 Å². The summed E-state index contributed by atoms with van der Waals surface area (Å²) in [7, 11) is 1.66. The quantitative estimate of drug-likeness (QED) is 0.535. The van der Waals surface area contributed by atoms with E-state index < -0.39 is 0 Å². The van der Waals surface area contributed by atoms with Crippen molar-refractivity contribution in [2.24, 2.45) is 0 Å². The molecule has 0 aliphatic heterocycles. The lowest BCUT2D eigenvalue weighted by Crippen LogP contribution is -2.38. The van der Waals surface area contributed by atoms with E-state index in [1.54, 1.807) is 7.11 Å². The molecule has 26 heavy (non-hydrogen) atoms. The summed E-state index contributed by atoms with van der Waals surface area (Å²) in [4.78, 5) is 3.49. The lowest BCUT2D eigenvalue weighted by molar-refractivity contribution is -0.671. The Balaban J connectivity index is 1.61. The first-order valence-electron chi connectivity index (χ1n) is 8.64. The van der Waals surface area contributed by atoms with E-state index >= 15 is 0 Å². The van der Waals surface area contributed by atoms with E-state index in [-0.39, 0.29) is 0 Å². The van der Waals surface area contributed by atoms with E-state index in [0.717, 1.165) is 29.4 Å². The number of hydrogen-bond acceptors (Lipinski definition) is 2. The second-order valence-electron chi connectivity index (χ2n) is 6.12. The van der Waals surface area contributed by atoms with Gasteiger partial charge in [-0.3, -0.25) is 0 Å². The zero-order valence-corrected chi connectivity index (χ0v) is 14.7. The number of benzene rings is 3. The summed E-state index contributed by atoms with van der Waals surface area (Å²) in [6.45, 7) is 1.26. The van der Waals surface area contributed by atoms with Gasteiger partial charge in [0.1, 0.15) is 18.0 Å². The number of imidazole rings is 1. The Kier molecular flexibility index (Phi) is 4.56. The molecule has 0 atom stereocenters. The molecule has 4 nitrogen and oxygen atoms in total. The van der Waals surface area contributed by atoms with Crippen molar-refractivity contribution in [3.05, 3.63) is 90.3 Å². The molecule has 0 fully saturated rings. The first-order valence-corrected chi connectivity index (χ1v) is 8.64. The van der Waals surface area contributed by atoms with E-state index in [2.05, 4.69) is 52.0 Å². The molecule has 0 amide bonds. The SMILES string of the molecule is COc1ccc(OCc2[nH]c3ccccc3[n+]2Cc2ccccc2)cc1. The standard InChI is InChI=1S/C22H20N2O2/c1-25-18-11-13-19(14-12-18)26-16-22-23-20-9-5-6-10-21(20)24(22)15-17-7-3-2-4-8-17/h2-14H,15-16H2,1H3/p+1. The number of aromatic amines is 1. The van der Waals surface area contributed by atoms with E-state index in [9.17, 15) is 0 Å². The molecule has 130 valence electrons. The van der Waals surface area contributed by atoms with Crippen molar-refractivity contribution in [1.82, 2.24) is 4.98 Å². The molecule has 0 aliphatic rings. The monoisotopic (exact) mass is 345 g/mol. The predicted octanol–water partition coefficient (Wildman–Crippen LogP) is 4.09. The van der Waals surface area contributed by atoms with Crippen LogP contribution in [0.3, 0.4) is 0 Å². The molecule has 0 saturated heterocycles. The van der Waals surface area contributed by atoms with E-state index in [0.29, 0.717) is 6.61 Å². The summed E-state index contributed by atoms with van der Waals surface area (Å²) < 4.78 is 13.5. The first-order chi connectivity index (χ1) is 12.8. The number of hydrogen-bond donors (Lipinski definition) is 1. The zero-order valence-electron chi connectivity index (χ0n) is 14.7. The van der Waals surface area contributed by atoms with Gasteiger partial charge in [-0.2, -0.15) is 0 Å². The van der Waals surface area contributed by atoms with Gasteiger partial charge in [-0.1, -0.05) is 42.5 Å². The fraction of sp³-hybridized carbons (Fsp3) is 0.136. The highest BCUT2D eigenvalue weighted by Gasteiger charge is 2.19. The summed E-state index contributed by atoms with van der Waals surface area (Å²) in [5.74, 6) is 2.67. The number of nitrogens with one attached hydrogen (secondary N) is 1. The van der Waals surface area contributed by atoms with Gasteiger partial charge in [0.05, 0.1) is 7.11 Å². The minimum absolute atomic E-state index is 0.466. The molecule has 0 aliphatic carbocycles. The highest BCUT2D eigenvalue weighted by Crippen LogP contribution is 2.18. The van der Waals surface area contributed by atoms with Crippen molar-refractivity contribution < 1.29 is 14.0 Å². The van der Waals surface area contributed by atoms with Gasteiger partial charge in [-0.15, -0.1) is 0 Å². The normalized spacial score (nSPS) is 10.8. The molecule has 1 N–H and O–H groups in total. The van der Waals surface area contributed by atoms with E-state index in [1.165, 1.54) is 11.1 Å². The highest BCUT2D eigenvalue weighted by molar-refractivity contribution is 5.71. The molecule has 4 rings (SSSR count). The maximum atomic E-state index is 5.99. The van der Waals surface area contributed by atoms with Crippen molar-refractivity contribution in [3.8, 4) is 11.5 Å². The number of fused-ring (bicyclic) bond motifs is 1. The summed E-state index contributed by atoms with van der Waals surface area (Å²) in [5, 5.41) is 0. The average Bonchev–Trinajstić information content (AvgIpc) is 3.05. The minimum atomic E-state index is 0.466. The lowest BCUT2D eigenvalue weighted by atomic mass is 10.2. The zero-order chi connectivity index (χ0) is 17.8. The van der Waals surface area contributed by atoms with Gasteiger partial charge < -0.3 is 9.47 Å². The van der Waals surface area contributed by atoms with Crippen LogP contribution in [-0.4, -0.2) is 12.1 Å². The molecule has 0 saturated carbocycles. The number of ether oxygens (including phenoxy) is 2. The average molecular weight is 345 g/mol. The maximum absolute atomic E-state index is 5.99. The molecule has 1 aromatic heterocycles. The molecule has 0 spiro atoms. The Morgan fingerprint density at radius 1 is 0.808 bits per heavy atom.